The number of hydrogen-bond acceptors (Lipinski definition) is 5. The molecular weight excluding hydrogens is 412 g/mol. The van der Waals surface area contributed by atoms with E-state index in [4.69, 9.17) is 20.6 Å². The second-order valence-electron chi connectivity index (χ2n) is 7.46. The van der Waals surface area contributed by atoms with Crippen LogP contribution in [0.4, 0.5) is 0 Å². The summed E-state index contributed by atoms with van der Waals surface area (Å²) in [5, 5.41) is 7.28. The van der Waals surface area contributed by atoms with Gasteiger partial charge in [0.05, 0.1) is 16.7 Å². The van der Waals surface area contributed by atoms with Crippen LogP contribution in [0.2, 0.25) is 0 Å². The molecule has 6 nitrogen and oxygen atoms in total. The van der Waals surface area contributed by atoms with Gasteiger partial charge in [-0.25, -0.2) is 4.98 Å². The Morgan fingerprint density at radius 2 is 1.88 bits per heavy atom. The Hall–Kier alpha value is -3.90. The lowest BCUT2D eigenvalue weighted by atomic mass is 10.00. The van der Waals surface area contributed by atoms with Crippen LogP contribution >= 0.6 is 0 Å². The third-order valence-corrected chi connectivity index (χ3v) is 5.13. The number of allylic oxidation sites excluding steroid dienone is 4. The van der Waals surface area contributed by atoms with Gasteiger partial charge >= 0.3 is 0 Å². The van der Waals surface area contributed by atoms with E-state index in [2.05, 4.69) is 9.97 Å². The van der Waals surface area contributed by atoms with Crippen molar-refractivity contribution in [3.05, 3.63) is 107 Å². The van der Waals surface area contributed by atoms with Crippen LogP contribution < -0.4 is 5.73 Å². The summed E-state index contributed by atoms with van der Waals surface area (Å²) in [6, 6.07) is 14.0. The molecule has 0 bridgehead atoms. The summed E-state index contributed by atoms with van der Waals surface area (Å²) in [6.45, 7) is 6.26. The van der Waals surface area contributed by atoms with Gasteiger partial charge in [0.1, 0.15) is 12.4 Å². The lowest BCUT2D eigenvalue weighted by molar-refractivity contribution is 0.207. The zero-order valence-corrected chi connectivity index (χ0v) is 19.2. The molecule has 0 amide bonds. The van der Waals surface area contributed by atoms with Gasteiger partial charge in [0.15, 0.2) is 12.6 Å². The van der Waals surface area contributed by atoms with Crippen LogP contribution in [-0.4, -0.2) is 22.6 Å². The Balaban J connectivity index is 1.77. The van der Waals surface area contributed by atoms with Gasteiger partial charge in [-0.05, 0) is 68.3 Å². The topological polar surface area (TPSA) is 97.0 Å². The molecule has 2 heterocycles. The van der Waals surface area contributed by atoms with Crippen LogP contribution in [0.15, 0.2) is 89.9 Å². The third-order valence-electron chi connectivity index (χ3n) is 5.13. The first-order valence-corrected chi connectivity index (χ1v) is 10.8. The van der Waals surface area contributed by atoms with Gasteiger partial charge in [0, 0.05) is 11.8 Å². The highest BCUT2D eigenvalue weighted by molar-refractivity contribution is 5.74. The number of rotatable bonds is 10. The molecule has 1 atom stereocenters. The van der Waals surface area contributed by atoms with Crippen molar-refractivity contribution in [1.82, 2.24) is 9.97 Å². The number of aromatic amines is 1. The Labute approximate surface area is 194 Å². The number of benzene rings is 1. The molecule has 0 aliphatic heterocycles. The molecule has 0 saturated carbocycles. The fourth-order valence-corrected chi connectivity index (χ4v) is 3.29. The van der Waals surface area contributed by atoms with Gasteiger partial charge in [-0.15, -0.1) is 0 Å². The highest BCUT2D eigenvalue weighted by Gasteiger charge is 2.13. The maximum absolute atomic E-state index is 7.28. The number of nitrogens with zero attached hydrogens (tertiary/aromatic N) is 1. The van der Waals surface area contributed by atoms with Crippen LogP contribution in [0.1, 0.15) is 30.7 Å². The Morgan fingerprint density at radius 3 is 2.58 bits per heavy atom. The summed E-state index contributed by atoms with van der Waals surface area (Å²) < 4.78 is 11.2. The van der Waals surface area contributed by atoms with Crippen LogP contribution in [0, 0.1) is 12.3 Å². The molecule has 6 heteroatoms. The molecule has 0 radical (unpaired) electrons. The number of hydrogen-bond donors (Lipinski definition) is 3. The quantitative estimate of drug-likeness (QED) is 0.122. The molecule has 0 fully saturated rings. The number of pyridine rings is 1. The standard InChI is InChI=1S/C27H30N4O2/c1-4-21(24(27(29)33-18-28)16-20-8-6-19(3)7-9-20)10-12-23(5-2)32-17-22-11-13-25-26(31-22)14-15-30-25/h4-16,18,27-28,30H,17,29H2,1-3H3/b12-10-,21-4+,23-5+,24-16+,28-18?. The van der Waals surface area contributed by atoms with E-state index in [0.717, 1.165) is 39.8 Å². The van der Waals surface area contributed by atoms with Gasteiger partial charge in [0.25, 0.3) is 0 Å². The van der Waals surface area contributed by atoms with Crippen molar-refractivity contribution in [1.29, 1.82) is 5.41 Å². The summed E-state index contributed by atoms with van der Waals surface area (Å²) in [7, 11) is 0. The maximum Gasteiger partial charge on any atom is 0.175 e. The van der Waals surface area contributed by atoms with Crippen LogP contribution in [0.5, 0.6) is 0 Å². The van der Waals surface area contributed by atoms with Gasteiger partial charge in [-0.1, -0.05) is 42.0 Å². The first kappa shape index (κ1) is 23.8. The van der Waals surface area contributed by atoms with Crippen molar-refractivity contribution in [3.63, 3.8) is 0 Å². The van der Waals surface area contributed by atoms with E-state index in [1.807, 2.05) is 99.8 Å². The van der Waals surface area contributed by atoms with Gasteiger partial charge in [0.2, 0.25) is 0 Å². The van der Waals surface area contributed by atoms with Gasteiger partial charge in [-0.3, -0.25) is 11.1 Å². The minimum Gasteiger partial charge on any atom is -0.488 e. The van der Waals surface area contributed by atoms with Crippen molar-refractivity contribution >= 4 is 23.5 Å². The molecular formula is C27H30N4O2. The lowest BCUT2D eigenvalue weighted by Crippen LogP contribution is -2.26. The number of fused-ring (bicyclic) bond motifs is 1. The molecule has 3 aromatic rings. The second-order valence-corrected chi connectivity index (χ2v) is 7.46. The molecule has 0 spiro atoms. The molecule has 0 aliphatic carbocycles. The SMILES string of the molecule is C\C=C(/C=C\C(=C/C)C(=C/c1ccc(C)cc1)\C(N)OC=N)OCc1ccc2[nH]ccc2n1. The van der Waals surface area contributed by atoms with Gasteiger partial charge < -0.3 is 14.5 Å². The van der Waals surface area contributed by atoms with Crippen LogP contribution in [0.25, 0.3) is 17.1 Å². The van der Waals surface area contributed by atoms with Crippen LogP contribution in [-0.2, 0) is 16.1 Å². The summed E-state index contributed by atoms with van der Waals surface area (Å²) in [5.41, 5.74) is 12.8. The normalized spacial score (nSPS) is 14.0. The average Bonchev–Trinajstić information content (AvgIpc) is 3.29. The average molecular weight is 443 g/mol. The molecule has 0 saturated heterocycles. The Morgan fingerprint density at radius 1 is 1.09 bits per heavy atom. The summed E-state index contributed by atoms with van der Waals surface area (Å²) in [5.74, 6) is 0.710. The Kier molecular flexibility index (Phi) is 8.38. The van der Waals surface area contributed by atoms with E-state index < -0.39 is 6.23 Å². The van der Waals surface area contributed by atoms with E-state index in [1.165, 1.54) is 5.56 Å². The van der Waals surface area contributed by atoms with Crippen molar-refractivity contribution < 1.29 is 9.47 Å². The number of aromatic nitrogens is 2. The minimum atomic E-state index is -0.771. The maximum atomic E-state index is 7.28. The number of ether oxygens (including phenoxy) is 2. The summed E-state index contributed by atoms with van der Waals surface area (Å²) in [4.78, 5) is 7.73. The monoisotopic (exact) mass is 442 g/mol. The molecule has 33 heavy (non-hydrogen) atoms. The number of H-pyrrole nitrogens is 1. The summed E-state index contributed by atoms with van der Waals surface area (Å²) >= 11 is 0. The highest BCUT2D eigenvalue weighted by Crippen LogP contribution is 2.21. The number of aryl methyl sites for hydroxylation is 1. The molecule has 2 aromatic heterocycles. The zero-order valence-electron chi connectivity index (χ0n) is 19.2. The van der Waals surface area contributed by atoms with Crippen molar-refractivity contribution in [2.24, 2.45) is 5.73 Å². The van der Waals surface area contributed by atoms with Gasteiger partial charge in [-0.2, -0.15) is 0 Å². The smallest absolute Gasteiger partial charge is 0.175 e. The largest absolute Gasteiger partial charge is 0.488 e. The number of nitrogens with one attached hydrogen (secondary N) is 2. The number of nitrogens with two attached hydrogens (primary N) is 1. The van der Waals surface area contributed by atoms with E-state index >= 15 is 0 Å². The first-order valence-electron chi connectivity index (χ1n) is 10.8. The molecule has 1 unspecified atom stereocenters. The van der Waals surface area contributed by atoms with Crippen molar-refractivity contribution in [2.75, 3.05) is 0 Å². The summed E-state index contributed by atoms with van der Waals surface area (Å²) in [6.07, 6.45) is 11.6. The fourth-order valence-electron chi connectivity index (χ4n) is 3.29. The second kappa shape index (κ2) is 11.6. The molecule has 1 aromatic carbocycles. The fraction of sp³-hybridized carbons (Fsp3) is 0.185. The molecule has 4 N–H and O–H groups in total. The van der Waals surface area contributed by atoms with Crippen molar-refractivity contribution in [3.8, 4) is 0 Å². The van der Waals surface area contributed by atoms with Crippen LogP contribution in [0.3, 0.4) is 0 Å². The van der Waals surface area contributed by atoms with E-state index in [0.29, 0.717) is 12.4 Å². The predicted octanol–water partition coefficient (Wildman–Crippen LogP) is 5.79. The molecule has 170 valence electrons. The Bertz CT molecular complexity index is 1200. The van der Waals surface area contributed by atoms with Crippen molar-refractivity contribution in [2.45, 2.75) is 33.6 Å². The molecule has 3 rings (SSSR count). The van der Waals surface area contributed by atoms with E-state index in [9.17, 15) is 0 Å². The predicted molar refractivity (Wildman–Crippen MR) is 135 cm³/mol. The van der Waals surface area contributed by atoms with E-state index in [1.54, 1.807) is 0 Å². The third kappa shape index (κ3) is 6.54. The molecule has 0 aliphatic rings. The highest BCUT2D eigenvalue weighted by atomic mass is 16.5. The van der Waals surface area contributed by atoms with E-state index in [-0.39, 0.29) is 0 Å². The first-order chi connectivity index (χ1) is 16.0. The lowest BCUT2D eigenvalue weighted by Gasteiger charge is -2.17. The zero-order chi connectivity index (χ0) is 23.6. The minimum absolute atomic E-state index is 0.360.